The average Bonchev–Trinajstić information content (AvgIpc) is 2.75. The molecule has 2 heterocycles. The van der Waals surface area contributed by atoms with Crippen LogP contribution in [0.15, 0.2) is 42.5 Å². The standard InChI is InChI=1S/C13H10BN3O/c1-9-15-12-8-7-11(14)13(17(12)16-9)18-10-5-3-2-4-6-10/h2-8H,1H3. The second-order valence-corrected chi connectivity index (χ2v) is 3.94. The summed E-state index contributed by atoms with van der Waals surface area (Å²) in [6.45, 7) is 1.83. The molecule has 0 aliphatic heterocycles. The van der Waals surface area contributed by atoms with Crippen LogP contribution in [-0.2, 0) is 0 Å². The molecule has 0 bridgehead atoms. The van der Waals surface area contributed by atoms with E-state index >= 15 is 0 Å². The number of aryl methyl sites for hydroxylation is 1. The Hall–Kier alpha value is -2.30. The van der Waals surface area contributed by atoms with E-state index in [-0.39, 0.29) is 0 Å². The van der Waals surface area contributed by atoms with Crippen LogP contribution < -0.4 is 10.2 Å². The molecule has 0 unspecified atom stereocenters. The summed E-state index contributed by atoms with van der Waals surface area (Å²) in [5.74, 6) is 1.88. The third-order valence-electron chi connectivity index (χ3n) is 2.55. The van der Waals surface area contributed by atoms with E-state index in [9.17, 15) is 0 Å². The van der Waals surface area contributed by atoms with Crippen LogP contribution in [0.4, 0.5) is 0 Å². The first-order valence-electron chi connectivity index (χ1n) is 5.59. The van der Waals surface area contributed by atoms with E-state index in [1.54, 1.807) is 10.6 Å². The van der Waals surface area contributed by atoms with E-state index in [2.05, 4.69) is 10.1 Å². The first-order chi connectivity index (χ1) is 8.74. The fraction of sp³-hybridized carbons (Fsp3) is 0.0769. The van der Waals surface area contributed by atoms with Gasteiger partial charge in [-0.3, -0.25) is 0 Å². The van der Waals surface area contributed by atoms with Gasteiger partial charge in [-0.2, -0.15) is 4.52 Å². The molecule has 0 saturated carbocycles. The highest BCUT2D eigenvalue weighted by molar-refractivity contribution is 6.34. The number of nitrogens with zero attached hydrogens (tertiary/aromatic N) is 3. The normalized spacial score (nSPS) is 10.7. The smallest absolute Gasteiger partial charge is 0.215 e. The summed E-state index contributed by atoms with van der Waals surface area (Å²) >= 11 is 0. The van der Waals surface area contributed by atoms with E-state index in [1.165, 1.54) is 0 Å². The Morgan fingerprint density at radius 2 is 1.89 bits per heavy atom. The number of hydrogen-bond acceptors (Lipinski definition) is 3. The fourth-order valence-corrected chi connectivity index (χ4v) is 1.75. The number of para-hydroxylation sites is 1. The van der Waals surface area contributed by atoms with Crippen LogP contribution in [0.25, 0.3) is 5.65 Å². The molecular weight excluding hydrogens is 225 g/mol. The van der Waals surface area contributed by atoms with Crippen molar-refractivity contribution in [3.05, 3.63) is 48.3 Å². The molecule has 0 aliphatic rings. The van der Waals surface area contributed by atoms with Crippen LogP contribution in [0.2, 0.25) is 0 Å². The van der Waals surface area contributed by atoms with Crippen molar-refractivity contribution < 1.29 is 4.74 Å². The van der Waals surface area contributed by atoms with E-state index in [1.807, 2.05) is 43.3 Å². The zero-order valence-electron chi connectivity index (χ0n) is 9.87. The number of ether oxygens (including phenoxy) is 1. The highest BCUT2D eigenvalue weighted by atomic mass is 16.5. The predicted molar refractivity (Wildman–Crippen MR) is 69.6 cm³/mol. The van der Waals surface area contributed by atoms with Crippen molar-refractivity contribution in [3.8, 4) is 11.6 Å². The SMILES string of the molecule is [B]c1ccc2nc(C)nn2c1Oc1ccccc1. The summed E-state index contributed by atoms with van der Waals surface area (Å²) in [7, 11) is 5.93. The lowest BCUT2D eigenvalue weighted by Gasteiger charge is -2.09. The number of rotatable bonds is 2. The molecule has 18 heavy (non-hydrogen) atoms. The summed E-state index contributed by atoms with van der Waals surface area (Å²) < 4.78 is 7.38. The monoisotopic (exact) mass is 235 g/mol. The number of pyridine rings is 1. The van der Waals surface area contributed by atoms with Gasteiger partial charge in [0.15, 0.2) is 5.65 Å². The van der Waals surface area contributed by atoms with Crippen molar-refractivity contribution in [2.24, 2.45) is 0 Å². The molecule has 4 nitrogen and oxygen atoms in total. The first kappa shape index (κ1) is 10.8. The third kappa shape index (κ3) is 1.84. The summed E-state index contributed by atoms with van der Waals surface area (Å²) in [5.41, 5.74) is 1.24. The first-order valence-corrected chi connectivity index (χ1v) is 5.59. The van der Waals surface area contributed by atoms with Crippen LogP contribution in [0, 0.1) is 6.92 Å². The van der Waals surface area contributed by atoms with Gasteiger partial charge >= 0.3 is 0 Å². The molecule has 0 spiro atoms. The number of hydrogen-bond donors (Lipinski definition) is 0. The van der Waals surface area contributed by atoms with Gasteiger partial charge in [-0.1, -0.05) is 24.3 Å². The zero-order chi connectivity index (χ0) is 12.5. The molecule has 0 N–H and O–H groups in total. The predicted octanol–water partition coefficient (Wildman–Crippen LogP) is 1.62. The second kappa shape index (κ2) is 4.18. The van der Waals surface area contributed by atoms with Gasteiger partial charge in [-0.05, 0) is 30.6 Å². The average molecular weight is 235 g/mol. The summed E-state index contributed by atoms with van der Waals surface area (Å²) in [6.07, 6.45) is 0. The van der Waals surface area contributed by atoms with Crippen LogP contribution in [0.5, 0.6) is 11.6 Å². The molecule has 5 heteroatoms. The Morgan fingerprint density at radius 3 is 2.67 bits per heavy atom. The Kier molecular flexibility index (Phi) is 2.52. The van der Waals surface area contributed by atoms with Gasteiger partial charge in [0.05, 0.1) is 0 Å². The minimum atomic E-state index is 0.485. The molecule has 1 aromatic carbocycles. The topological polar surface area (TPSA) is 39.4 Å². The molecule has 0 fully saturated rings. The Balaban J connectivity index is 2.13. The van der Waals surface area contributed by atoms with Gasteiger partial charge in [-0.15, -0.1) is 5.10 Å². The maximum atomic E-state index is 5.93. The fourth-order valence-electron chi connectivity index (χ4n) is 1.75. The zero-order valence-corrected chi connectivity index (χ0v) is 9.87. The van der Waals surface area contributed by atoms with Crippen molar-refractivity contribution in [2.75, 3.05) is 0 Å². The molecular formula is C13H10BN3O. The molecule has 2 aromatic heterocycles. The third-order valence-corrected chi connectivity index (χ3v) is 2.55. The molecule has 3 rings (SSSR count). The molecule has 0 saturated heterocycles. The lowest BCUT2D eigenvalue weighted by Crippen LogP contribution is -2.12. The lowest BCUT2D eigenvalue weighted by molar-refractivity contribution is 0.451. The summed E-state index contributed by atoms with van der Waals surface area (Å²) in [5, 5.41) is 4.27. The van der Waals surface area contributed by atoms with E-state index in [0.717, 1.165) is 0 Å². The summed E-state index contributed by atoms with van der Waals surface area (Å²) in [6, 6.07) is 13.0. The molecule has 0 amide bonds. The largest absolute Gasteiger partial charge is 0.440 e. The number of aromatic nitrogens is 3. The Labute approximate surface area is 106 Å². The van der Waals surface area contributed by atoms with Crippen molar-refractivity contribution in [1.29, 1.82) is 0 Å². The van der Waals surface area contributed by atoms with Crippen LogP contribution in [0.3, 0.4) is 0 Å². The van der Waals surface area contributed by atoms with Gasteiger partial charge in [0.2, 0.25) is 5.88 Å². The van der Waals surface area contributed by atoms with E-state index in [4.69, 9.17) is 12.6 Å². The Morgan fingerprint density at radius 1 is 1.11 bits per heavy atom. The highest BCUT2D eigenvalue weighted by Crippen LogP contribution is 2.19. The van der Waals surface area contributed by atoms with Crippen molar-refractivity contribution in [1.82, 2.24) is 14.6 Å². The molecule has 0 atom stereocenters. The molecule has 86 valence electrons. The second-order valence-electron chi connectivity index (χ2n) is 3.94. The molecule has 2 radical (unpaired) electrons. The van der Waals surface area contributed by atoms with Crippen LogP contribution in [0.1, 0.15) is 5.82 Å². The highest BCUT2D eigenvalue weighted by Gasteiger charge is 2.09. The van der Waals surface area contributed by atoms with Crippen molar-refractivity contribution in [3.63, 3.8) is 0 Å². The van der Waals surface area contributed by atoms with Crippen LogP contribution in [-0.4, -0.2) is 22.4 Å². The van der Waals surface area contributed by atoms with Crippen molar-refractivity contribution in [2.45, 2.75) is 6.92 Å². The van der Waals surface area contributed by atoms with Gasteiger partial charge in [-0.25, -0.2) is 4.98 Å². The van der Waals surface area contributed by atoms with Gasteiger partial charge < -0.3 is 4.74 Å². The quantitative estimate of drug-likeness (QED) is 0.633. The van der Waals surface area contributed by atoms with E-state index in [0.29, 0.717) is 28.6 Å². The van der Waals surface area contributed by atoms with E-state index < -0.39 is 0 Å². The van der Waals surface area contributed by atoms with Gasteiger partial charge in [0, 0.05) is 0 Å². The maximum Gasteiger partial charge on any atom is 0.215 e. The summed E-state index contributed by atoms with van der Waals surface area (Å²) in [4.78, 5) is 4.27. The molecule has 0 aliphatic carbocycles. The van der Waals surface area contributed by atoms with Crippen LogP contribution >= 0.6 is 0 Å². The van der Waals surface area contributed by atoms with Crippen molar-refractivity contribution >= 4 is 19.0 Å². The minimum Gasteiger partial charge on any atom is -0.440 e. The van der Waals surface area contributed by atoms with Gasteiger partial charge in [0.1, 0.15) is 19.4 Å². The maximum absolute atomic E-state index is 5.93. The Bertz CT molecular complexity index is 694. The minimum absolute atomic E-state index is 0.485. The number of benzene rings is 1. The number of fused-ring (bicyclic) bond motifs is 1. The lowest BCUT2D eigenvalue weighted by atomic mass is 9.98. The van der Waals surface area contributed by atoms with Gasteiger partial charge in [0.25, 0.3) is 0 Å². The molecule has 3 aromatic rings.